The van der Waals surface area contributed by atoms with E-state index in [2.05, 4.69) is 5.32 Å². The maximum atomic E-state index is 12.4. The molecule has 0 radical (unpaired) electrons. The molecular weight excluding hydrogens is 356 g/mol. The van der Waals surface area contributed by atoms with Crippen LogP contribution in [0.4, 0.5) is 0 Å². The highest BCUT2D eigenvalue weighted by Gasteiger charge is 2.29. The zero-order chi connectivity index (χ0) is 19.5. The largest absolute Gasteiger partial charge is 0.478 e. The van der Waals surface area contributed by atoms with Gasteiger partial charge in [0.05, 0.1) is 11.3 Å². The van der Waals surface area contributed by atoms with Gasteiger partial charge in [0, 0.05) is 24.7 Å². The van der Waals surface area contributed by atoms with Gasteiger partial charge < -0.3 is 10.4 Å². The number of nitrogens with one attached hydrogen (secondary N) is 1. The van der Waals surface area contributed by atoms with Gasteiger partial charge in [0.2, 0.25) is 10.0 Å². The molecule has 8 heteroatoms. The van der Waals surface area contributed by atoms with Crippen molar-refractivity contribution in [2.75, 3.05) is 18.8 Å². The normalized spacial score (nSPS) is 16.6. The van der Waals surface area contributed by atoms with Gasteiger partial charge in [-0.1, -0.05) is 13.8 Å². The number of carboxylic acids is 1. The van der Waals surface area contributed by atoms with E-state index in [1.54, 1.807) is 13.0 Å². The first-order valence-corrected chi connectivity index (χ1v) is 10.3. The van der Waals surface area contributed by atoms with E-state index in [4.69, 9.17) is 5.11 Å². The van der Waals surface area contributed by atoms with Crippen LogP contribution < -0.4 is 5.32 Å². The number of rotatable bonds is 6. The van der Waals surface area contributed by atoms with Gasteiger partial charge in [0.1, 0.15) is 0 Å². The number of aromatic carboxylic acids is 1. The summed E-state index contributed by atoms with van der Waals surface area (Å²) in [5.41, 5.74) is 1.08. The topological polar surface area (TPSA) is 104 Å². The molecule has 0 saturated carbocycles. The second-order valence-electron chi connectivity index (χ2n) is 7.21. The van der Waals surface area contributed by atoms with Crippen molar-refractivity contribution in [3.63, 3.8) is 0 Å². The van der Waals surface area contributed by atoms with Crippen LogP contribution in [-0.2, 0) is 10.0 Å². The summed E-state index contributed by atoms with van der Waals surface area (Å²) >= 11 is 0. The van der Waals surface area contributed by atoms with E-state index in [0.717, 1.165) is 0 Å². The molecule has 0 spiro atoms. The number of hydrogen-bond acceptors (Lipinski definition) is 4. The lowest BCUT2D eigenvalue weighted by molar-refractivity contribution is 0.0696. The third-order valence-corrected chi connectivity index (χ3v) is 6.55. The van der Waals surface area contributed by atoms with Crippen LogP contribution in [0.2, 0.25) is 0 Å². The van der Waals surface area contributed by atoms with Gasteiger partial charge in [-0.2, -0.15) is 0 Å². The quantitative estimate of drug-likeness (QED) is 0.782. The Balaban J connectivity index is 1.97. The highest BCUT2D eigenvalue weighted by atomic mass is 32.2. The Hall–Kier alpha value is -1.93. The van der Waals surface area contributed by atoms with Crippen molar-refractivity contribution < 1.29 is 23.1 Å². The number of amides is 1. The van der Waals surface area contributed by atoms with Gasteiger partial charge >= 0.3 is 5.97 Å². The number of carbonyl (C=O) groups excluding carboxylic acids is 1. The predicted octanol–water partition coefficient (Wildman–Crippen LogP) is 1.87. The number of aryl methyl sites for hydroxylation is 1. The fraction of sp³-hybridized carbons (Fsp3) is 0.556. The van der Waals surface area contributed by atoms with Crippen molar-refractivity contribution in [2.45, 2.75) is 39.7 Å². The number of carboxylic acid groups (broad SMARTS) is 1. The van der Waals surface area contributed by atoms with E-state index in [9.17, 15) is 18.0 Å². The highest BCUT2D eigenvalue weighted by Crippen LogP contribution is 2.17. The highest BCUT2D eigenvalue weighted by molar-refractivity contribution is 7.89. The Bertz CT molecular complexity index is 781. The molecule has 1 saturated heterocycles. The zero-order valence-electron chi connectivity index (χ0n) is 15.4. The van der Waals surface area contributed by atoms with E-state index in [1.807, 2.05) is 13.8 Å². The van der Waals surface area contributed by atoms with Gasteiger partial charge in [-0.15, -0.1) is 0 Å². The second-order valence-corrected chi connectivity index (χ2v) is 9.23. The minimum Gasteiger partial charge on any atom is -0.478 e. The van der Waals surface area contributed by atoms with Gasteiger partial charge in [0.25, 0.3) is 5.91 Å². The summed E-state index contributed by atoms with van der Waals surface area (Å²) in [6.45, 7) is 6.25. The Morgan fingerprint density at radius 3 is 2.31 bits per heavy atom. The summed E-state index contributed by atoms with van der Waals surface area (Å²) in [5.74, 6) is -1.21. The molecule has 1 amide bonds. The third kappa shape index (κ3) is 5.28. The lowest BCUT2D eigenvalue weighted by Crippen LogP contribution is -2.47. The number of nitrogens with zero attached hydrogens (tertiary/aromatic N) is 1. The molecule has 144 valence electrons. The standard InChI is InChI=1S/C18H26N2O5S/c1-12(2)11-26(24,25)20-6-4-16(5-7-20)19-17(21)14-8-13(3)9-15(10-14)18(22)23/h8-10,12,16H,4-7,11H2,1-3H3,(H,19,21)(H,22,23). The molecule has 0 atom stereocenters. The van der Waals surface area contributed by atoms with Gasteiger partial charge in [-0.3, -0.25) is 4.79 Å². The van der Waals surface area contributed by atoms with Crippen molar-refractivity contribution in [1.29, 1.82) is 0 Å². The van der Waals surface area contributed by atoms with E-state index in [-0.39, 0.29) is 29.2 Å². The number of piperidine rings is 1. The van der Waals surface area contributed by atoms with Crippen LogP contribution in [0.1, 0.15) is 53.0 Å². The van der Waals surface area contributed by atoms with Gasteiger partial charge in [-0.05, 0) is 49.4 Å². The Labute approximate surface area is 154 Å². The Kier molecular flexibility index (Phi) is 6.41. The van der Waals surface area contributed by atoms with Crippen LogP contribution >= 0.6 is 0 Å². The van der Waals surface area contributed by atoms with Crippen LogP contribution in [-0.4, -0.2) is 54.6 Å². The summed E-state index contributed by atoms with van der Waals surface area (Å²) in [7, 11) is -3.25. The Morgan fingerprint density at radius 1 is 1.19 bits per heavy atom. The molecular formula is C18H26N2O5S. The van der Waals surface area contributed by atoms with Crippen LogP contribution in [0, 0.1) is 12.8 Å². The minimum atomic E-state index is -3.25. The summed E-state index contributed by atoms with van der Waals surface area (Å²) in [6.07, 6.45) is 1.08. The van der Waals surface area contributed by atoms with Crippen LogP contribution in [0.15, 0.2) is 18.2 Å². The molecule has 1 aromatic carbocycles. The molecule has 0 aromatic heterocycles. The monoisotopic (exact) mass is 382 g/mol. The molecule has 0 unspecified atom stereocenters. The second kappa shape index (κ2) is 8.18. The van der Waals surface area contributed by atoms with Crippen molar-refractivity contribution in [3.05, 3.63) is 34.9 Å². The van der Waals surface area contributed by atoms with Crippen LogP contribution in [0.5, 0.6) is 0 Å². The molecule has 0 aliphatic carbocycles. The molecule has 26 heavy (non-hydrogen) atoms. The maximum absolute atomic E-state index is 12.4. The molecule has 1 aromatic rings. The number of sulfonamides is 1. The first-order chi connectivity index (χ1) is 12.1. The summed E-state index contributed by atoms with van der Waals surface area (Å²) in [5, 5.41) is 12.0. The first-order valence-electron chi connectivity index (χ1n) is 8.72. The first kappa shape index (κ1) is 20.4. The summed E-state index contributed by atoms with van der Waals surface area (Å²) < 4.78 is 26.0. The lowest BCUT2D eigenvalue weighted by atomic mass is 10.0. The molecule has 7 nitrogen and oxygen atoms in total. The van der Waals surface area contributed by atoms with E-state index >= 15 is 0 Å². The predicted molar refractivity (Wildman–Crippen MR) is 98.8 cm³/mol. The fourth-order valence-corrected chi connectivity index (χ4v) is 4.93. The van der Waals surface area contributed by atoms with E-state index < -0.39 is 16.0 Å². The fourth-order valence-electron chi connectivity index (χ4n) is 3.11. The number of carbonyl (C=O) groups is 2. The van der Waals surface area contributed by atoms with Crippen molar-refractivity contribution in [3.8, 4) is 0 Å². The van der Waals surface area contributed by atoms with Crippen molar-refractivity contribution in [1.82, 2.24) is 9.62 Å². The SMILES string of the molecule is Cc1cc(C(=O)O)cc(C(=O)NC2CCN(S(=O)(=O)CC(C)C)CC2)c1. The molecule has 1 aliphatic heterocycles. The van der Waals surface area contributed by atoms with Crippen LogP contribution in [0.25, 0.3) is 0 Å². The molecule has 1 fully saturated rings. The molecule has 2 N–H and O–H groups in total. The molecule has 2 rings (SSSR count). The van der Waals surface area contributed by atoms with Crippen LogP contribution in [0.3, 0.4) is 0 Å². The average Bonchev–Trinajstić information content (AvgIpc) is 2.53. The third-order valence-electron chi connectivity index (χ3n) is 4.31. The van der Waals surface area contributed by atoms with Crippen molar-refractivity contribution in [2.24, 2.45) is 5.92 Å². The van der Waals surface area contributed by atoms with Gasteiger partial charge in [0.15, 0.2) is 0 Å². The zero-order valence-corrected chi connectivity index (χ0v) is 16.2. The lowest BCUT2D eigenvalue weighted by Gasteiger charge is -2.32. The van der Waals surface area contributed by atoms with Gasteiger partial charge in [-0.25, -0.2) is 17.5 Å². The average molecular weight is 382 g/mol. The van der Waals surface area contributed by atoms with E-state index in [0.29, 0.717) is 37.1 Å². The smallest absolute Gasteiger partial charge is 0.335 e. The summed E-state index contributed by atoms with van der Waals surface area (Å²) in [6, 6.07) is 4.38. The van der Waals surface area contributed by atoms with E-state index in [1.165, 1.54) is 16.4 Å². The number of hydrogen-bond donors (Lipinski definition) is 2. The molecule has 1 heterocycles. The Morgan fingerprint density at radius 2 is 1.77 bits per heavy atom. The summed E-state index contributed by atoms with van der Waals surface area (Å²) in [4.78, 5) is 23.6. The maximum Gasteiger partial charge on any atom is 0.335 e. The molecule has 0 bridgehead atoms. The molecule has 1 aliphatic rings. The number of benzene rings is 1. The van der Waals surface area contributed by atoms with Crippen molar-refractivity contribution >= 4 is 21.9 Å². The minimum absolute atomic E-state index is 0.0715.